The number of hydrogen-bond donors (Lipinski definition) is 21. The molecular weight excluding hydrogens is 1830 g/mol. The van der Waals surface area contributed by atoms with E-state index < -0.39 is 18.0 Å². The van der Waals surface area contributed by atoms with Crippen LogP contribution in [-0.2, 0) is 14.4 Å². The summed E-state index contributed by atoms with van der Waals surface area (Å²) in [6.07, 6.45) is 24.4. The Balaban J connectivity index is 0.000000252. The molecule has 2 fully saturated rings. The van der Waals surface area contributed by atoms with Gasteiger partial charge in [-0.05, 0) is 242 Å². The summed E-state index contributed by atoms with van der Waals surface area (Å²) in [5.74, 6) is 7.26. The molecule has 4 aromatic rings. The van der Waals surface area contributed by atoms with Crippen molar-refractivity contribution in [3.05, 3.63) is 184 Å². The predicted molar refractivity (Wildman–Crippen MR) is 583 cm³/mol. The number of halogens is 1. The molecule has 21 N–H and O–H groups in total. The molecule has 13 rings (SSSR count). The number of aliphatic hydroxyl groups is 1. The van der Waals surface area contributed by atoms with Gasteiger partial charge in [-0.15, -0.1) is 0 Å². The molecule has 9 aliphatic rings. The zero-order chi connectivity index (χ0) is 106. The highest BCUT2D eigenvalue weighted by Gasteiger charge is 2.27. The molecule has 1 unspecified atom stereocenters. The zero-order valence-electron chi connectivity index (χ0n) is 88.9. The van der Waals surface area contributed by atoms with Gasteiger partial charge in [-0.3, -0.25) is 59.2 Å². The molecule has 0 saturated heterocycles. The number of nitrogens with zero attached hydrogens (tertiary/aromatic N) is 8. The van der Waals surface area contributed by atoms with E-state index in [-0.39, 0.29) is 65.9 Å². The topological polar surface area (TPSA) is 501 Å². The molecule has 8 heterocycles. The van der Waals surface area contributed by atoms with E-state index in [0.717, 1.165) is 130 Å². The first-order valence-corrected chi connectivity index (χ1v) is 50.6. The van der Waals surface area contributed by atoms with Crippen LogP contribution in [0.1, 0.15) is 238 Å². The van der Waals surface area contributed by atoms with E-state index in [4.69, 9.17) is 5.11 Å². The first kappa shape index (κ1) is 119. The van der Waals surface area contributed by atoms with Crippen LogP contribution < -0.4 is 101 Å². The van der Waals surface area contributed by atoms with Crippen molar-refractivity contribution in [2.45, 2.75) is 296 Å². The smallest absolute Gasteiger partial charge is 0.323 e. The minimum Gasteiger partial charge on any atom is -0.392 e. The number of para-hydroxylation sites is 3. The molecule has 0 radical (unpaired) electrons. The number of aliphatic imine (C=N–C) groups is 7. The number of aliphatic hydroxyl groups excluding tert-OH is 1. The van der Waals surface area contributed by atoms with E-state index in [1.54, 1.807) is 38.1 Å². The van der Waals surface area contributed by atoms with Crippen molar-refractivity contribution >= 4 is 111 Å². The molecule has 11 amide bonds. The molecule has 788 valence electrons. The van der Waals surface area contributed by atoms with Gasteiger partial charge >= 0.3 is 24.1 Å². The second-order valence-corrected chi connectivity index (χ2v) is 38.9. The summed E-state index contributed by atoms with van der Waals surface area (Å²) in [6.45, 7) is 50.7. The van der Waals surface area contributed by atoms with Crippen molar-refractivity contribution in [1.82, 2.24) is 89.9 Å². The average molecular weight is 1990 g/mol. The van der Waals surface area contributed by atoms with E-state index in [2.05, 4.69) is 188 Å². The van der Waals surface area contributed by atoms with Gasteiger partial charge in [-0.2, -0.15) is 5.10 Å². The van der Waals surface area contributed by atoms with Crippen molar-refractivity contribution in [3.63, 3.8) is 0 Å². The van der Waals surface area contributed by atoms with Crippen LogP contribution in [-0.4, -0.2) is 229 Å². The number of benzene rings is 3. The molecule has 38 heteroatoms. The van der Waals surface area contributed by atoms with E-state index in [9.17, 15) is 42.7 Å². The standard InChI is InChI=1S/C15H19FN4O.C15H20N4O.C14H24N4O.C14H18N4O.C14H23N3O.C12H21N3O.C11H19N3O2.C11H19N3O/c1-9(2)18-13-7-11(8-17-13)19-15(21)20-14-10(3)5-4-6-12(14)16;1-10(2)17-14-8-12(9-16-14)18-15(20)19-13-7-5-4-6-11(13)3;2*1-10(2)16-13-8-12(9-15-13)18-14(19)17-11-6-4-3-5-7-11;1-9(2)15-14-8-12(16-17-14)13(18)7-11-5-4-10(3)6-11;1-5-9(4)15-12(16)10-6-11(13-7-10)14-8(2)3;1-7(2)14-10-4-9(6-12-10)11(16)13-5-8(3)15;1-4-5-12-11(15)9-6-10(13-7-9)14-8(2)3/h4-7,9H,8H2,1-3H3,(H,17,18)(H2,19,20,21);4-8,10H,9H2,1-3H3,(H,16,17)(H2,18,19,20);8,10-11H,3-7,9H2,1-2H3,(H,15,16)(H2,17,18,19);3-8,10H,9H2,1-2H3,(H,15,16)(H2,17,18,19);8-11H,4-7H2,1-3H3,(H2,15,16,17);6,8-9H,5,7H2,1-4H3,(H,13,14)(H,15,16);4,7-8,15H,5-6H2,1-3H3,(H,12,14)(H,13,16);6,8H,4-5,7H2,1-3H3,(H,12,15)(H,13,14)/t;;;;10-,11?;9-;8-;/m....101./s1. The Morgan fingerprint density at radius 3 is 1.24 bits per heavy atom. The van der Waals surface area contributed by atoms with Gasteiger partial charge in [-0.25, -0.2) is 23.6 Å². The van der Waals surface area contributed by atoms with Crippen LogP contribution >= 0.6 is 0 Å². The van der Waals surface area contributed by atoms with Gasteiger partial charge in [0.1, 0.15) is 58.2 Å². The minimum atomic E-state index is -0.528. The molecule has 4 atom stereocenters. The maximum Gasteiger partial charge on any atom is 0.323 e. The quantitative estimate of drug-likeness (QED) is 0.0225. The molecule has 2 saturated carbocycles. The van der Waals surface area contributed by atoms with Gasteiger partial charge in [0.25, 0.3) is 0 Å². The summed E-state index contributed by atoms with van der Waals surface area (Å²) in [4.78, 5) is 124. The third kappa shape index (κ3) is 48.3. The van der Waals surface area contributed by atoms with Crippen LogP contribution in [0.25, 0.3) is 0 Å². The first-order valence-electron chi connectivity index (χ1n) is 50.6. The molecule has 0 spiro atoms. The number of amides is 11. The van der Waals surface area contributed by atoms with Crippen LogP contribution in [0.4, 0.5) is 46.4 Å². The number of urea groups is 4. The van der Waals surface area contributed by atoms with Crippen molar-refractivity contribution in [2.24, 2.45) is 46.8 Å². The number of aromatic nitrogens is 2. The summed E-state index contributed by atoms with van der Waals surface area (Å²) < 4.78 is 13.6. The lowest BCUT2D eigenvalue weighted by Gasteiger charge is -2.22. The van der Waals surface area contributed by atoms with Crippen LogP contribution in [0.15, 0.2) is 196 Å². The van der Waals surface area contributed by atoms with Crippen LogP contribution in [0.3, 0.4) is 0 Å². The van der Waals surface area contributed by atoms with Gasteiger partial charge in [0.05, 0.1) is 57.6 Å². The number of anilines is 4. The number of hydrogen-bond acceptors (Lipinski definition) is 25. The molecule has 3 aromatic carbocycles. The summed E-state index contributed by atoms with van der Waals surface area (Å²) in [6, 6.07) is 25.5. The summed E-state index contributed by atoms with van der Waals surface area (Å²) in [5, 5.41) is 72.2. The highest BCUT2D eigenvalue weighted by molar-refractivity contribution is 6.09. The Morgan fingerprint density at radius 2 is 0.826 bits per heavy atom. The second-order valence-electron chi connectivity index (χ2n) is 38.9. The number of aromatic amines is 1. The lowest BCUT2D eigenvalue weighted by molar-refractivity contribution is -0.118. The lowest BCUT2D eigenvalue weighted by atomic mass is 9.96. The number of carbonyl (C=O) groups is 8. The summed E-state index contributed by atoms with van der Waals surface area (Å²) >= 11 is 0. The van der Waals surface area contributed by atoms with E-state index in [1.165, 1.54) is 44.6 Å². The first-order chi connectivity index (χ1) is 68.4. The average Bonchev–Trinajstić information content (AvgIpc) is 1.86. The fraction of sp³-hybridized carbons (Fsp3) is 0.528. The van der Waals surface area contributed by atoms with Crippen LogP contribution in [0.5, 0.6) is 0 Å². The molecule has 37 nitrogen and oxygen atoms in total. The maximum absolute atomic E-state index is 13.6. The minimum absolute atomic E-state index is 0.00107. The van der Waals surface area contributed by atoms with E-state index in [1.807, 2.05) is 195 Å². The number of nitrogens with one attached hydrogen (secondary N) is 20. The second kappa shape index (κ2) is 63.3. The number of Topliss-reactive ketones (excluding diaryl/α,β-unsaturated/α-hetero) is 1. The van der Waals surface area contributed by atoms with Gasteiger partial charge in [0.15, 0.2) is 5.78 Å². The third-order valence-electron chi connectivity index (χ3n) is 21.6. The highest BCUT2D eigenvalue weighted by Crippen LogP contribution is 2.34. The number of ketones is 1. The Kier molecular flexibility index (Phi) is 52.2. The number of H-pyrrole nitrogens is 1. The molecule has 1 aromatic heterocycles. The predicted octanol–water partition coefficient (Wildman–Crippen LogP) is 14.1. The van der Waals surface area contributed by atoms with E-state index in [0.29, 0.717) is 129 Å². The van der Waals surface area contributed by atoms with Crippen molar-refractivity contribution in [2.75, 3.05) is 80.2 Å². The summed E-state index contributed by atoms with van der Waals surface area (Å²) in [7, 11) is 0. The molecule has 7 aliphatic heterocycles. The number of carbonyl (C=O) groups excluding carboxylic acids is 8. The third-order valence-corrected chi connectivity index (χ3v) is 21.6. The molecule has 2 aliphatic carbocycles. The Hall–Kier alpha value is -13.8. The van der Waals surface area contributed by atoms with Gasteiger partial charge < -0.3 is 106 Å². The number of aryl methyl sites for hydroxylation is 2. The molecule has 144 heavy (non-hydrogen) atoms. The number of rotatable bonds is 29. The number of amidine groups is 7. The van der Waals surface area contributed by atoms with Crippen molar-refractivity contribution in [1.29, 1.82) is 0 Å². The Bertz CT molecular complexity index is 5290. The lowest BCUT2D eigenvalue weighted by Crippen LogP contribution is -2.42. The Morgan fingerprint density at radius 1 is 0.424 bits per heavy atom. The van der Waals surface area contributed by atoms with Crippen LogP contribution in [0.2, 0.25) is 0 Å². The molecular formula is C106H163FN28O9. The fourth-order valence-electron chi connectivity index (χ4n) is 14.8. The van der Waals surface area contributed by atoms with Gasteiger partial charge in [0.2, 0.25) is 17.7 Å². The fourth-order valence-corrected chi connectivity index (χ4v) is 14.8. The summed E-state index contributed by atoms with van der Waals surface area (Å²) in [5.41, 5.74) is 9.32. The van der Waals surface area contributed by atoms with Gasteiger partial charge in [-0.1, -0.05) is 95.0 Å². The largest absolute Gasteiger partial charge is 0.392 e. The van der Waals surface area contributed by atoms with Crippen molar-refractivity contribution < 1.29 is 47.9 Å². The van der Waals surface area contributed by atoms with Crippen LogP contribution in [0, 0.1) is 31.5 Å². The molecule has 0 bridgehead atoms. The highest BCUT2D eigenvalue weighted by atomic mass is 19.1. The SMILES string of the molecule is CC(C)NC1=NCC(C(=O)NC[C@@H](C)O)=C1.CC(C)NC1=NCC(NC(=O)NC2CCCCC2)=C1.CC(C)NC1=NCC(NC(=O)Nc2ccccc2)=C1.CC(C)Nc1cc(C(=O)CC2CC[C@@H](C)C2)[nH]n1.CCCNC(=O)C1=CC(NC(C)C)=NC1.CC[C@H](C)NC(=O)C1=CC(NC(C)C)=NC1.Cc1cccc(F)c1NC(=O)NC1=CC(NC(C)C)=NC1.Cc1ccccc1NC(=O)NC1=CC(NC(C)C)=NC1. The normalized spacial score (nSPS) is 16.6. The zero-order valence-corrected chi connectivity index (χ0v) is 88.9. The maximum atomic E-state index is 13.6. The van der Waals surface area contributed by atoms with Crippen molar-refractivity contribution in [3.8, 4) is 0 Å². The monoisotopic (exact) mass is 1990 g/mol. The van der Waals surface area contributed by atoms with E-state index >= 15 is 0 Å². The van der Waals surface area contributed by atoms with Gasteiger partial charge in [0, 0.05) is 161 Å². The Labute approximate surface area is 851 Å².